The number of hydrogen-bond donors (Lipinski definition) is 3. The van der Waals surface area contributed by atoms with Crippen LogP contribution in [-0.4, -0.2) is 42.4 Å². The summed E-state index contributed by atoms with van der Waals surface area (Å²) < 4.78 is 1.65. The highest BCUT2D eigenvalue weighted by Crippen LogP contribution is 2.06. The van der Waals surface area contributed by atoms with E-state index in [1.165, 1.54) is 0 Å². The number of aromatic amines is 2. The zero-order valence-corrected chi connectivity index (χ0v) is 11.5. The number of H-pyrrole nitrogens is 2. The van der Waals surface area contributed by atoms with E-state index in [0.29, 0.717) is 24.5 Å². The summed E-state index contributed by atoms with van der Waals surface area (Å²) in [5, 5.41) is 12.9. The Bertz CT molecular complexity index is 819. The zero-order valence-electron chi connectivity index (χ0n) is 11.5. The molecule has 3 N–H and O–H groups in total. The van der Waals surface area contributed by atoms with Crippen LogP contribution in [0.5, 0.6) is 0 Å². The van der Waals surface area contributed by atoms with Gasteiger partial charge in [-0.25, -0.2) is 14.6 Å². The second-order valence-corrected chi connectivity index (χ2v) is 4.48. The first-order valence-electron chi connectivity index (χ1n) is 6.60. The third kappa shape index (κ3) is 3.08. The van der Waals surface area contributed by atoms with Gasteiger partial charge in [-0.05, 0) is 18.2 Å². The number of rotatable bonds is 5. The van der Waals surface area contributed by atoms with Crippen molar-refractivity contribution in [1.29, 1.82) is 0 Å². The molecule has 0 saturated carbocycles. The highest BCUT2D eigenvalue weighted by atomic mass is 16.2. The molecule has 0 aliphatic rings. The number of pyridine rings is 1. The van der Waals surface area contributed by atoms with Gasteiger partial charge < -0.3 is 5.32 Å². The van der Waals surface area contributed by atoms with Gasteiger partial charge in [0.25, 0.3) is 5.91 Å². The molecule has 9 heteroatoms. The van der Waals surface area contributed by atoms with E-state index in [-0.39, 0.29) is 11.6 Å². The summed E-state index contributed by atoms with van der Waals surface area (Å²) in [7, 11) is 0. The molecule has 9 nitrogen and oxygen atoms in total. The first kappa shape index (κ1) is 13.7. The van der Waals surface area contributed by atoms with Crippen LogP contribution in [0.25, 0.3) is 5.69 Å². The Morgan fingerprint density at radius 3 is 3.00 bits per heavy atom. The monoisotopic (exact) mass is 299 g/mol. The minimum atomic E-state index is -0.366. The molecule has 0 aliphatic heterocycles. The van der Waals surface area contributed by atoms with Crippen molar-refractivity contribution in [1.82, 2.24) is 35.3 Å². The van der Waals surface area contributed by atoms with Crippen LogP contribution in [0, 0.1) is 0 Å². The smallest absolute Gasteiger partial charge is 0.340 e. The minimum Gasteiger partial charge on any atom is -0.350 e. The van der Waals surface area contributed by atoms with Crippen LogP contribution in [-0.2, 0) is 6.42 Å². The fourth-order valence-electron chi connectivity index (χ4n) is 1.92. The molecule has 0 atom stereocenters. The Hall–Kier alpha value is -3.23. The van der Waals surface area contributed by atoms with Gasteiger partial charge in [-0.2, -0.15) is 10.2 Å². The highest BCUT2D eigenvalue weighted by Gasteiger charge is 2.09. The first-order valence-corrected chi connectivity index (χ1v) is 6.60. The maximum atomic E-state index is 12.1. The Balaban J connectivity index is 1.62. The van der Waals surface area contributed by atoms with E-state index in [9.17, 15) is 9.59 Å². The van der Waals surface area contributed by atoms with Gasteiger partial charge >= 0.3 is 5.69 Å². The highest BCUT2D eigenvalue weighted by molar-refractivity contribution is 5.92. The van der Waals surface area contributed by atoms with E-state index in [2.05, 4.69) is 30.6 Å². The third-order valence-corrected chi connectivity index (χ3v) is 2.94. The molecule has 0 fully saturated rings. The summed E-state index contributed by atoms with van der Waals surface area (Å²) in [6, 6.07) is 5.21. The predicted octanol–water partition coefficient (Wildman–Crippen LogP) is -0.349. The molecule has 0 spiro atoms. The van der Waals surface area contributed by atoms with Crippen LogP contribution in [0.1, 0.15) is 16.3 Å². The summed E-state index contributed by atoms with van der Waals surface area (Å²) in [5.74, 6) is 0.190. The lowest BCUT2D eigenvalue weighted by atomic mass is 10.3. The van der Waals surface area contributed by atoms with Crippen molar-refractivity contribution in [3.8, 4) is 5.69 Å². The quantitative estimate of drug-likeness (QED) is 0.594. The summed E-state index contributed by atoms with van der Waals surface area (Å²) in [6.07, 6.45) is 5.41. The van der Waals surface area contributed by atoms with Gasteiger partial charge in [0.15, 0.2) is 0 Å². The molecule has 3 rings (SSSR count). The van der Waals surface area contributed by atoms with Gasteiger partial charge in [-0.1, -0.05) is 0 Å². The minimum absolute atomic E-state index is 0.295. The van der Waals surface area contributed by atoms with Crippen molar-refractivity contribution in [3.05, 3.63) is 58.8 Å². The molecule has 3 aromatic heterocycles. The van der Waals surface area contributed by atoms with Crippen LogP contribution in [0.3, 0.4) is 0 Å². The average Bonchev–Trinajstić information content (AvgIpc) is 3.19. The summed E-state index contributed by atoms with van der Waals surface area (Å²) in [5.41, 5.74) is 0.681. The second kappa shape index (κ2) is 6.04. The number of nitrogens with one attached hydrogen (secondary N) is 3. The fourth-order valence-corrected chi connectivity index (χ4v) is 1.92. The standard InChI is InChI=1S/C13H13N7O2/c21-12(15-6-3-11-17-13(22)19-18-11)10-8-9(2-5-14-10)20-7-1-4-16-20/h1-2,4-5,7-8H,3,6H2,(H,15,21)(H2,17,18,19,22). The van der Waals surface area contributed by atoms with E-state index < -0.39 is 0 Å². The topological polar surface area (TPSA) is 121 Å². The fraction of sp³-hybridized carbons (Fsp3) is 0.154. The van der Waals surface area contributed by atoms with Crippen molar-refractivity contribution >= 4 is 5.91 Å². The lowest BCUT2D eigenvalue weighted by Gasteiger charge is -2.05. The van der Waals surface area contributed by atoms with Crippen LogP contribution >= 0.6 is 0 Å². The molecule has 1 amide bonds. The van der Waals surface area contributed by atoms with Crippen LogP contribution in [0.15, 0.2) is 41.6 Å². The normalized spacial score (nSPS) is 10.5. The molecular weight excluding hydrogens is 286 g/mol. The van der Waals surface area contributed by atoms with E-state index in [4.69, 9.17) is 0 Å². The number of aromatic nitrogens is 6. The number of amides is 1. The van der Waals surface area contributed by atoms with Gasteiger partial charge in [-0.15, -0.1) is 0 Å². The van der Waals surface area contributed by atoms with Crippen molar-refractivity contribution < 1.29 is 4.79 Å². The van der Waals surface area contributed by atoms with Crippen molar-refractivity contribution in [2.75, 3.05) is 6.54 Å². The van der Waals surface area contributed by atoms with E-state index in [1.54, 1.807) is 41.5 Å². The molecule has 0 radical (unpaired) electrons. The third-order valence-electron chi connectivity index (χ3n) is 2.94. The lowest BCUT2D eigenvalue weighted by molar-refractivity contribution is 0.0949. The molecule has 0 aromatic carbocycles. The maximum Gasteiger partial charge on any atom is 0.340 e. The van der Waals surface area contributed by atoms with Gasteiger partial charge in [0.1, 0.15) is 11.5 Å². The molecule has 3 aromatic rings. The molecule has 0 unspecified atom stereocenters. The molecule has 0 aliphatic carbocycles. The first-order chi connectivity index (χ1) is 10.7. The van der Waals surface area contributed by atoms with Crippen LogP contribution in [0.4, 0.5) is 0 Å². The largest absolute Gasteiger partial charge is 0.350 e. The predicted molar refractivity (Wildman–Crippen MR) is 76.6 cm³/mol. The molecular formula is C13H13N7O2. The summed E-state index contributed by atoms with van der Waals surface area (Å²) >= 11 is 0. The Morgan fingerprint density at radius 1 is 1.36 bits per heavy atom. The van der Waals surface area contributed by atoms with Crippen molar-refractivity contribution in [3.63, 3.8) is 0 Å². The number of carbonyl (C=O) groups is 1. The van der Waals surface area contributed by atoms with E-state index in [0.717, 1.165) is 5.69 Å². The Labute approximate surface area is 124 Å². The van der Waals surface area contributed by atoms with Crippen LogP contribution < -0.4 is 11.0 Å². The average molecular weight is 299 g/mol. The number of carbonyl (C=O) groups excluding carboxylic acids is 1. The van der Waals surface area contributed by atoms with Crippen LogP contribution in [0.2, 0.25) is 0 Å². The van der Waals surface area contributed by atoms with Gasteiger partial charge in [0, 0.05) is 31.6 Å². The molecule has 112 valence electrons. The molecule has 3 heterocycles. The van der Waals surface area contributed by atoms with Gasteiger partial charge in [0.05, 0.1) is 5.69 Å². The Kier molecular flexibility index (Phi) is 3.77. The zero-order chi connectivity index (χ0) is 15.4. The van der Waals surface area contributed by atoms with Crippen molar-refractivity contribution in [2.24, 2.45) is 0 Å². The summed E-state index contributed by atoms with van der Waals surface area (Å²) in [4.78, 5) is 29.5. The van der Waals surface area contributed by atoms with Gasteiger partial charge in [0.2, 0.25) is 0 Å². The Morgan fingerprint density at radius 2 is 2.27 bits per heavy atom. The van der Waals surface area contributed by atoms with E-state index >= 15 is 0 Å². The van der Waals surface area contributed by atoms with Gasteiger partial charge in [-0.3, -0.25) is 14.8 Å². The maximum absolute atomic E-state index is 12.1. The van der Waals surface area contributed by atoms with E-state index in [1.807, 2.05) is 0 Å². The second-order valence-electron chi connectivity index (χ2n) is 4.48. The SMILES string of the molecule is O=C(NCCc1n[nH]c(=O)[nH]1)c1cc(-n2cccn2)ccn1. The molecule has 0 saturated heterocycles. The lowest BCUT2D eigenvalue weighted by Crippen LogP contribution is -2.27. The molecule has 0 bridgehead atoms. The molecule has 22 heavy (non-hydrogen) atoms. The summed E-state index contributed by atoms with van der Waals surface area (Å²) in [6.45, 7) is 0.341. The number of hydrogen-bond acceptors (Lipinski definition) is 5. The number of nitrogens with zero attached hydrogens (tertiary/aromatic N) is 4. The van der Waals surface area contributed by atoms with Crippen molar-refractivity contribution in [2.45, 2.75) is 6.42 Å².